The number of nitrogens with one attached hydrogen (secondary N) is 2. The minimum atomic E-state index is -0.250. The third-order valence-electron chi connectivity index (χ3n) is 5.86. The second-order valence-electron chi connectivity index (χ2n) is 8.44. The maximum atomic E-state index is 13.1. The highest BCUT2D eigenvalue weighted by Crippen LogP contribution is 2.27. The summed E-state index contributed by atoms with van der Waals surface area (Å²) < 4.78 is 5.53. The molecule has 6 heteroatoms. The van der Waals surface area contributed by atoms with Crippen molar-refractivity contribution in [1.29, 1.82) is 0 Å². The predicted molar refractivity (Wildman–Crippen MR) is 135 cm³/mol. The molecule has 176 valence electrons. The fraction of sp³-hybridized carbons (Fsp3) is 0.286. The highest BCUT2D eigenvalue weighted by atomic mass is 16.5. The zero-order valence-electron chi connectivity index (χ0n) is 19.3. The van der Waals surface area contributed by atoms with Crippen LogP contribution in [0.4, 0.5) is 11.4 Å². The Morgan fingerprint density at radius 2 is 1.53 bits per heavy atom. The number of benzene rings is 3. The van der Waals surface area contributed by atoms with E-state index < -0.39 is 0 Å². The van der Waals surface area contributed by atoms with E-state index in [1.54, 1.807) is 6.07 Å². The zero-order valence-corrected chi connectivity index (χ0v) is 19.3. The molecule has 4 rings (SSSR count). The minimum Gasteiger partial charge on any atom is -0.371 e. The molecule has 0 unspecified atom stereocenters. The van der Waals surface area contributed by atoms with Gasteiger partial charge in [0.2, 0.25) is 5.91 Å². The van der Waals surface area contributed by atoms with E-state index >= 15 is 0 Å². The molecule has 0 atom stereocenters. The summed E-state index contributed by atoms with van der Waals surface area (Å²) in [6, 6.07) is 25.4. The van der Waals surface area contributed by atoms with Crippen LogP contribution in [0.2, 0.25) is 0 Å². The van der Waals surface area contributed by atoms with E-state index in [0.717, 1.165) is 43.6 Å². The highest BCUT2D eigenvalue weighted by Gasteiger charge is 2.20. The number of rotatable bonds is 10. The predicted octanol–water partition coefficient (Wildman–Crippen LogP) is 4.41. The molecule has 6 nitrogen and oxygen atoms in total. The maximum absolute atomic E-state index is 13.1. The summed E-state index contributed by atoms with van der Waals surface area (Å²) in [4.78, 5) is 27.7. The van der Waals surface area contributed by atoms with E-state index in [1.165, 1.54) is 5.56 Å². The van der Waals surface area contributed by atoms with E-state index in [1.807, 2.05) is 60.7 Å². The lowest BCUT2D eigenvalue weighted by atomic mass is 10.1. The third kappa shape index (κ3) is 6.68. The van der Waals surface area contributed by atoms with Gasteiger partial charge >= 0.3 is 0 Å². The van der Waals surface area contributed by atoms with Gasteiger partial charge in [-0.3, -0.25) is 9.59 Å². The second kappa shape index (κ2) is 12.0. The molecular weight excluding hydrogens is 426 g/mol. The quantitative estimate of drug-likeness (QED) is 0.473. The Hall–Kier alpha value is -3.64. The van der Waals surface area contributed by atoms with Crippen molar-refractivity contribution >= 4 is 23.2 Å². The first-order chi connectivity index (χ1) is 16.7. The molecular formula is C28H31N3O3. The van der Waals surface area contributed by atoms with Gasteiger partial charge < -0.3 is 20.3 Å². The summed E-state index contributed by atoms with van der Waals surface area (Å²) in [6.07, 6.45) is 3.00. The van der Waals surface area contributed by atoms with Crippen LogP contribution in [-0.4, -0.2) is 38.1 Å². The van der Waals surface area contributed by atoms with Crippen molar-refractivity contribution in [3.63, 3.8) is 0 Å². The molecule has 1 fully saturated rings. The lowest BCUT2D eigenvalue weighted by Gasteiger charge is -2.22. The fourth-order valence-corrected chi connectivity index (χ4v) is 4.12. The van der Waals surface area contributed by atoms with Crippen LogP contribution in [0, 0.1) is 0 Å². The number of carbonyl (C=O) groups is 2. The van der Waals surface area contributed by atoms with Crippen molar-refractivity contribution in [3.8, 4) is 0 Å². The molecule has 1 aliphatic rings. The molecule has 0 saturated carbocycles. The number of anilines is 2. The standard InChI is InChI=1S/C28H31N3O3/c32-27(21-34-20-23-11-5-2-6-12-23)30-24-13-14-26(31-17-7-8-18-31)25(19-24)28(33)29-16-15-22-9-3-1-4-10-22/h1-6,9-14,19H,7-8,15-18,20-21H2,(H,29,33)(H,30,32). The largest absolute Gasteiger partial charge is 0.371 e. The molecule has 1 saturated heterocycles. The second-order valence-corrected chi connectivity index (χ2v) is 8.44. The van der Waals surface area contributed by atoms with Gasteiger partial charge in [-0.25, -0.2) is 0 Å². The van der Waals surface area contributed by atoms with Crippen molar-refractivity contribution < 1.29 is 14.3 Å². The molecule has 0 spiro atoms. The molecule has 0 aliphatic carbocycles. The van der Waals surface area contributed by atoms with E-state index in [4.69, 9.17) is 4.74 Å². The molecule has 2 N–H and O–H groups in total. The highest BCUT2D eigenvalue weighted by molar-refractivity contribution is 6.02. The maximum Gasteiger partial charge on any atom is 0.253 e. The van der Waals surface area contributed by atoms with Gasteiger partial charge in [-0.1, -0.05) is 60.7 Å². The number of carbonyl (C=O) groups excluding carboxylic acids is 2. The van der Waals surface area contributed by atoms with E-state index in [9.17, 15) is 9.59 Å². The fourth-order valence-electron chi connectivity index (χ4n) is 4.12. The Labute approximate surface area is 200 Å². The Kier molecular flexibility index (Phi) is 8.30. The molecule has 0 bridgehead atoms. The normalized spacial score (nSPS) is 13.0. The van der Waals surface area contributed by atoms with Gasteiger partial charge in [-0.2, -0.15) is 0 Å². The smallest absolute Gasteiger partial charge is 0.253 e. The lowest BCUT2D eigenvalue weighted by Crippen LogP contribution is -2.29. The number of nitrogens with zero attached hydrogens (tertiary/aromatic N) is 1. The van der Waals surface area contributed by atoms with Crippen LogP contribution in [0.1, 0.15) is 34.3 Å². The SMILES string of the molecule is O=C(COCc1ccccc1)Nc1ccc(N2CCCC2)c(C(=O)NCCc2ccccc2)c1. The Morgan fingerprint density at radius 3 is 2.24 bits per heavy atom. The molecule has 1 heterocycles. The third-order valence-corrected chi connectivity index (χ3v) is 5.86. The van der Waals surface area contributed by atoms with Crippen LogP contribution < -0.4 is 15.5 Å². The molecule has 34 heavy (non-hydrogen) atoms. The van der Waals surface area contributed by atoms with Crippen molar-refractivity contribution in [2.75, 3.05) is 36.5 Å². The van der Waals surface area contributed by atoms with Crippen LogP contribution in [0.15, 0.2) is 78.9 Å². The van der Waals surface area contributed by atoms with Crippen LogP contribution in [0.25, 0.3) is 0 Å². The monoisotopic (exact) mass is 457 g/mol. The van der Waals surface area contributed by atoms with Crippen molar-refractivity contribution in [3.05, 3.63) is 95.6 Å². The topological polar surface area (TPSA) is 70.7 Å². The number of amides is 2. The first-order valence-electron chi connectivity index (χ1n) is 11.8. The van der Waals surface area contributed by atoms with Gasteiger partial charge in [0, 0.05) is 31.0 Å². The van der Waals surface area contributed by atoms with Gasteiger partial charge in [0.15, 0.2) is 0 Å². The number of ether oxygens (including phenoxy) is 1. The van der Waals surface area contributed by atoms with Crippen molar-refractivity contribution in [1.82, 2.24) is 5.32 Å². The van der Waals surface area contributed by atoms with Crippen LogP contribution >= 0.6 is 0 Å². The van der Waals surface area contributed by atoms with Gasteiger partial charge in [0.25, 0.3) is 5.91 Å². The summed E-state index contributed by atoms with van der Waals surface area (Å²) in [5.74, 6) is -0.380. The van der Waals surface area contributed by atoms with Gasteiger partial charge in [-0.05, 0) is 48.6 Å². The zero-order chi connectivity index (χ0) is 23.6. The van der Waals surface area contributed by atoms with Crippen LogP contribution in [0.5, 0.6) is 0 Å². The summed E-state index contributed by atoms with van der Waals surface area (Å²) in [5.41, 5.74) is 4.27. The molecule has 2 amide bonds. The lowest BCUT2D eigenvalue weighted by molar-refractivity contribution is -0.121. The molecule has 3 aromatic rings. The van der Waals surface area contributed by atoms with Gasteiger partial charge in [0.1, 0.15) is 6.61 Å². The van der Waals surface area contributed by atoms with Gasteiger partial charge in [-0.15, -0.1) is 0 Å². The average Bonchev–Trinajstić information content (AvgIpc) is 3.40. The molecule has 0 radical (unpaired) electrons. The van der Waals surface area contributed by atoms with Crippen molar-refractivity contribution in [2.45, 2.75) is 25.9 Å². The summed E-state index contributed by atoms with van der Waals surface area (Å²) in [5, 5.41) is 5.90. The summed E-state index contributed by atoms with van der Waals surface area (Å²) >= 11 is 0. The Morgan fingerprint density at radius 1 is 0.853 bits per heavy atom. The number of hydrogen-bond acceptors (Lipinski definition) is 4. The van der Waals surface area contributed by atoms with E-state index in [0.29, 0.717) is 24.4 Å². The number of hydrogen-bond donors (Lipinski definition) is 2. The van der Waals surface area contributed by atoms with E-state index in [-0.39, 0.29) is 18.4 Å². The first kappa shape index (κ1) is 23.5. The molecule has 1 aliphatic heterocycles. The Bertz CT molecular complexity index is 1080. The van der Waals surface area contributed by atoms with E-state index in [2.05, 4.69) is 27.7 Å². The molecule has 0 aromatic heterocycles. The van der Waals surface area contributed by atoms with Crippen molar-refractivity contribution in [2.24, 2.45) is 0 Å². The van der Waals surface area contributed by atoms with Crippen LogP contribution in [-0.2, 0) is 22.6 Å². The Balaban J connectivity index is 1.38. The molecule has 3 aromatic carbocycles. The van der Waals surface area contributed by atoms with Crippen LogP contribution in [0.3, 0.4) is 0 Å². The average molecular weight is 458 g/mol. The summed E-state index contributed by atoms with van der Waals surface area (Å²) in [6.45, 7) is 2.73. The minimum absolute atomic E-state index is 0.0542. The first-order valence-corrected chi connectivity index (χ1v) is 11.8. The van der Waals surface area contributed by atoms with Gasteiger partial charge in [0.05, 0.1) is 12.2 Å². The summed E-state index contributed by atoms with van der Waals surface area (Å²) in [7, 11) is 0.